The van der Waals surface area contributed by atoms with Crippen molar-refractivity contribution in [1.29, 1.82) is 0 Å². The van der Waals surface area contributed by atoms with E-state index in [4.69, 9.17) is 14.3 Å². The normalized spacial score (nSPS) is 16.2. The van der Waals surface area contributed by atoms with Gasteiger partial charge in [0.1, 0.15) is 5.69 Å². The molecule has 0 atom stereocenters. The fourth-order valence-corrected chi connectivity index (χ4v) is 3.30. The maximum absolute atomic E-state index is 6.03. The molecule has 0 bridgehead atoms. The zero-order valence-electron chi connectivity index (χ0n) is 13.9. The Kier molecular flexibility index (Phi) is 2.87. The Balaban J connectivity index is 1.81. The van der Waals surface area contributed by atoms with Crippen LogP contribution in [0.25, 0.3) is 33.6 Å². The number of oxazole rings is 1. The van der Waals surface area contributed by atoms with Gasteiger partial charge in [-0.05, 0) is 19.9 Å². The van der Waals surface area contributed by atoms with Crippen molar-refractivity contribution in [2.24, 2.45) is 0 Å². The number of ether oxygens (including phenoxy) is 1. The van der Waals surface area contributed by atoms with Gasteiger partial charge in [0.05, 0.1) is 36.8 Å². The zero-order chi connectivity index (χ0) is 17.0. The van der Waals surface area contributed by atoms with E-state index in [1.807, 2.05) is 10.7 Å². The fraction of sp³-hybridized carbons (Fsp3) is 0.294. The second kappa shape index (κ2) is 5.00. The van der Waals surface area contributed by atoms with E-state index >= 15 is 0 Å². The van der Waals surface area contributed by atoms with Gasteiger partial charge < -0.3 is 9.15 Å². The molecule has 126 valence electrons. The quantitative estimate of drug-likeness (QED) is 0.605. The van der Waals surface area contributed by atoms with Crippen molar-refractivity contribution in [1.82, 2.24) is 29.9 Å². The third kappa shape index (κ3) is 2.18. The molecule has 5 heterocycles. The highest BCUT2D eigenvalue weighted by Gasteiger charge is 2.32. The van der Waals surface area contributed by atoms with Crippen molar-refractivity contribution in [3.63, 3.8) is 0 Å². The molecule has 0 amide bonds. The number of H-pyrrole nitrogens is 1. The summed E-state index contributed by atoms with van der Waals surface area (Å²) in [6.07, 6.45) is 6.63. The van der Waals surface area contributed by atoms with Crippen molar-refractivity contribution in [2.45, 2.75) is 32.6 Å². The Bertz CT molecular complexity index is 1060. The molecular weight excluding hydrogens is 320 g/mol. The minimum absolute atomic E-state index is 0.266. The van der Waals surface area contributed by atoms with E-state index < -0.39 is 0 Å². The van der Waals surface area contributed by atoms with Gasteiger partial charge in [-0.2, -0.15) is 10.2 Å². The SMILES string of the molecule is CC1(C)Cn2nc(-c3cnco3)c(-c3ccnc4[nH]ncc34)c2CO1. The molecule has 1 aliphatic rings. The lowest BCUT2D eigenvalue weighted by Crippen LogP contribution is -2.36. The van der Waals surface area contributed by atoms with Crippen LogP contribution in [0, 0.1) is 0 Å². The van der Waals surface area contributed by atoms with Crippen LogP contribution < -0.4 is 0 Å². The van der Waals surface area contributed by atoms with Crippen LogP contribution in [0.4, 0.5) is 0 Å². The second-order valence-corrected chi connectivity index (χ2v) is 6.73. The number of hydrogen-bond acceptors (Lipinski definition) is 6. The van der Waals surface area contributed by atoms with Gasteiger partial charge >= 0.3 is 0 Å². The van der Waals surface area contributed by atoms with Crippen LogP contribution >= 0.6 is 0 Å². The molecule has 0 fully saturated rings. The van der Waals surface area contributed by atoms with Crippen molar-refractivity contribution < 1.29 is 9.15 Å². The van der Waals surface area contributed by atoms with Gasteiger partial charge in [0.2, 0.25) is 0 Å². The monoisotopic (exact) mass is 336 g/mol. The van der Waals surface area contributed by atoms with E-state index in [1.165, 1.54) is 6.39 Å². The number of nitrogens with zero attached hydrogens (tertiary/aromatic N) is 5. The average molecular weight is 336 g/mol. The molecule has 0 spiro atoms. The lowest BCUT2D eigenvalue weighted by molar-refractivity contribution is -0.0657. The Morgan fingerprint density at radius 2 is 2.20 bits per heavy atom. The molecule has 1 N–H and O–H groups in total. The van der Waals surface area contributed by atoms with Gasteiger partial charge in [-0.1, -0.05) is 0 Å². The smallest absolute Gasteiger partial charge is 0.181 e. The predicted molar refractivity (Wildman–Crippen MR) is 89.5 cm³/mol. The van der Waals surface area contributed by atoms with Crippen LogP contribution in [-0.4, -0.2) is 35.5 Å². The number of pyridine rings is 1. The largest absolute Gasteiger partial charge is 0.442 e. The molecule has 0 saturated heterocycles. The summed E-state index contributed by atoms with van der Waals surface area (Å²) < 4.78 is 13.6. The lowest BCUT2D eigenvalue weighted by atomic mass is 9.99. The van der Waals surface area contributed by atoms with Crippen LogP contribution in [0.15, 0.2) is 35.5 Å². The summed E-state index contributed by atoms with van der Waals surface area (Å²) in [6, 6.07) is 1.97. The molecule has 8 nitrogen and oxygen atoms in total. The van der Waals surface area contributed by atoms with E-state index in [1.54, 1.807) is 18.6 Å². The maximum Gasteiger partial charge on any atom is 0.181 e. The van der Waals surface area contributed by atoms with Gasteiger partial charge in [0, 0.05) is 22.7 Å². The minimum Gasteiger partial charge on any atom is -0.442 e. The van der Waals surface area contributed by atoms with Crippen LogP contribution in [0.5, 0.6) is 0 Å². The number of aromatic nitrogens is 6. The first-order valence-electron chi connectivity index (χ1n) is 8.03. The minimum atomic E-state index is -0.266. The maximum atomic E-state index is 6.03. The second-order valence-electron chi connectivity index (χ2n) is 6.73. The highest BCUT2D eigenvalue weighted by Crippen LogP contribution is 2.40. The summed E-state index contributed by atoms with van der Waals surface area (Å²) in [5, 5.41) is 12.8. The van der Waals surface area contributed by atoms with Gasteiger partial charge in [-0.25, -0.2) is 9.97 Å². The molecule has 0 aromatic carbocycles. The van der Waals surface area contributed by atoms with E-state index in [9.17, 15) is 0 Å². The van der Waals surface area contributed by atoms with Crippen molar-refractivity contribution in [2.75, 3.05) is 0 Å². The van der Waals surface area contributed by atoms with Crippen LogP contribution in [0.1, 0.15) is 19.5 Å². The van der Waals surface area contributed by atoms with Gasteiger partial charge in [-0.3, -0.25) is 9.78 Å². The number of hydrogen-bond donors (Lipinski definition) is 1. The molecule has 0 saturated carbocycles. The third-order valence-corrected chi connectivity index (χ3v) is 4.48. The Morgan fingerprint density at radius 3 is 3.04 bits per heavy atom. The molecule has 25 heavy (non-hydrogen) atoms. The summed E-state index contributed by atoms with van der Waals surface area (Å²) in [7, 11) is 0. The van der Waals surface area contributed by atoms with Gasteiger partial charge in [0.15, 0.2) is 17.8 Å². The van der Waals surface area contributed by atoms with E-state index in [0.717, 1.165) is 33.5 Å². The Labute approximate surface area is 142 Å². The first kappa shape index (κ1) is 14.4. The fourth-order valence-electron chi connectivity index (χ4n) is 3.30. The van der Waals surface area contributed by atoms with Gasteiger partial charge in [0.25, 0.3) is 0 Å². The van der Waals surface area contributed by atoms with Crippen LogP contribution in [-0.2, 0) is 17.9 Å². The van der Waals surface area contributed by atoms with E-state index in [2.05, 4.69) is 34.0 Å². The summed E-state index contributed by atoms with van der Waals surface area (Å²) >= 11 is 0. The number of nitrogens with one attached hydrogen (secondary N) is 1. The number of aromatic amines is 1. The third-order valence-electron chi connectivity index (χ3n) is 4.48. The Morgan fingerprint density at radius 1 is 1.28 bits per heavy atom. The molecule has 4 aromatic heterocycles. The highest BCUT2D eigenvalue weighted by molar-refractivity contribution is 5.96. The molecule has 1 aliphatic heterocycles. The summed E-state index contributed by atoms with van der Waals surface area (Å²) in [5.74, 6) is 0.628. The molecule has 0 aliphatic carbocycles. The summed E-state index contributed by atoms with van der Waals surface area (Å²) in [4.78, 5) is 8.37. The first-order valence-corrected chi connectivity index (χ1v) is 8.03. The van der Waals surface area contributed by atoms with E-state index in [-0.39, 0.29) is 5.60 Å². The molecule has 8 heteroatoms. The zero-order valence-corrected chi connectivity index (χ0v) is 13.9. The van der Waals surface area contributed by atoms with Gasteiger partial charge in [-0.15, -0.1) is 0 Å². The standard InChI is InChI=1S/C17H16N6O2/c1-17(2)8-23-12(7-25-17)14(15(22-23)13-6-18-9-24-13)10-3-4-19-16-11(10)5-20-21-16/h3-6,9H,7-8H2,1-2H3,(H,19,20,21). The molecule has 0 radical (unpaired) electrons. The van der Waals surface area contributed by atoms with Crippen LogP contribution in [0.3, 0.4) is 0 Å². The number of rotatable bonds is 2. The molecule has 5 rings (SSSR count). The first-order chi connectivity index (χ1) is 12.1. The van der Waals surface area contributed by atoms with Crippen LogP contribution in [0.2, 0.25) is 0 Å². The topological polar surface area (TPSA) is 94.7 Å². The van der Waals surface area contributed by atoms with E-state index in [0.29, 0.717) is 18.9 Å². The lowest BCUT2D eigenvalue weighted by Gasteiger charge is -2.31. The Hall–Kier alpha value is -3.00. The molecular formula is C17H16N6O2. The molecule has 0 unspecified atom stereocenters. The highest BCUT2D eigenvalue weighted by atomic mass is 16.5. The van der Waals surface area contributed by atoms with Crippen molar-refractivity contribution >= 4 is 11.0 Å². The van der Waals surface area contributed by atoms with Crippen molar-refractivity contribution in [3.05, 3.63) is 36.7 Å². The summed E-state index contributed by atoms with van der Waals surface area (Å²) in [6.45, 7) is 5.27. The number of fused-ring (bicyclic) bond motifs is 2. The predicted octanol–water partition coefficient (Wildman–Crippen LogP) is 2.79. The average Bonchev–Trinajstić information content (AvgIpc) is 3.31. The molecule has 4 aromatic rings. The summed E-state index contributed by atoms with van der Waals surface area (Å²) in [5.41, 5.74) is 4.20. The van der Waals surface area contributed by atoms with Crippen molar-refractivity contribution in [3.8, 4) is 22.6 Å².